The van der Waals surface area contributed by atoms with E-state index in [2.05, 4.69) is 0 Å². The van der Waals surface area contributed by atoms with Gasteiger partial charge in [0.25, 0.3) is 5.91 Å². The molecule has 4 nitrogen and oxygen atoms in total. The highest BCUT2D eigenvalue weighted by atomic mass is 16.5. The Balaban J connectivity index is 2.40. The van der Waals surface area contributed by atoms with Crippen molar-refractivity contribution in [3.63, 3.8) is 0 Å². The van der Waals surface area contributed by atoms with Gasteiger partial charge in [0, 0.05) is 18.7 Å². The molecule has 1 rings (SSSR count). The molecular formula is C14H19NO3. The molecule has 0 radical (unpaired) electrons. The molecule has 0 saturated heterocycles. The summed E-state index contributed by atoms with van der Waals surface area (Å²) in [5.41, 5.74) is 0.807. The average Bonchev–Trinajstić information content (AvgIpc) is 2.38. The van der Waals surface area contributed by atoms with Crippen LogP contribution >= 0.6 is 0 Å². The number of carbonyl (C=O) groups excluding carboxylic acids is 2. The number of carbonyl (C=O) groups is 2. The van der Waals surface area contributed by atoms with Gasteiger partial charge in [-0.3, -0.25) is 9.59 Å². The Morgan fingerprint density at radius 3 is 2.33 bits per heavy atom. The molecule has 0 saturated carbocycles. The molecule has 0 aliphatic heterocycles. The normalized spacial score (nSPS) is 10.4. The molecule has 0 spiro atoms. The van der Waals surface area contributed by atoms with E-state index in [0.29, 0.717) is 0 Å². The van der Waals surface area contributed by atoms with Crippen molar-refractivity contribution in [1.82, 2.24) is 0 Å². The Morgan fingerprint density at radius 1 is 1.17 bits per heavy atom. The first-order valence-electron chi connectivity index (χ1n) is 5.94. The number of ketones is 1. The van der Waals surface area contributed by atoms with Gasteiger partial charge in [-0.1, -0.05) is 32.0 Å². The number of rotatable bonds is 6. The van der Waals surface area contributed by atoms with E-state index in [1.165, 1.54) is 4.90 Å². The number of anilines is 1. The monoisotopic (exact) mass is 249 g/mol. The van der Waals surface area contributed by atoms with Crippen molar-refractivity contribution >= 4 is 17.4 Å². The van der Waals surface area contributed by atoms with Crippen LogP contribution in [0.3, 0.4) is 0 Å². The van der Waals surface area contributed by atoms with Gasteiger partial charge in [0.2, 0.25) is 0 Å². The average molecular weight is 249 g/mol. The molecular weight excluding hydrogens is 230 g/mol. The SMILES string of the molecule is CC(C)C(=O)COCC(=O)N(C)c1ccccc1. The molecule has 98 valence electrons. The lowest BCUT2D eigenvalue weighted by Crippen LogP contribution is -2.31. The van der Waals surface area contributed by atoms with Gasteiger partial charge in [-0.2, -0.15) is 0 Å². The molecule has 0 atom stereocenters. The fourth-order valence-electron chi connectivity index (χ4n) is 1.30. The smallest absolute Gasteiger partial charge is 0.252 e. The highest BCUT2D eigenvalue weighted by Gasteiger charge is 2.12. The van der Waals surface area contributed by atoms with Crippen molar-refractivity contribution in [3.05, 3.63) is 30.3 Å². The van der Waals surface area contributed by atoms with E-state index in [1.807, 2.05) is 44.2 Å². The largest absolute Gasteiger partial charge is 0.364 e. The quantitative estimate of drug-likeness (QED) is 0.773. The lowest BCUT2D eigenvalue weighted by atomic mass is 10.1. The van der Waals surface area contributed by atoms with Crippen LogP contribution < -0.4 is 4.90 Å². The Bertz CT molecular complexity index is 401. The van der Waals surface area contributed by atoms with E-state index in [1.54, 1.807) is 7.05 Å². The Labute approximate surface area is 108 Å². The molecule has 0 bridgehead atoms. The zero-order valence-corrected chi connectivity index (χ0v) is 11.1. The van der Waals surface area contributed by atoms with E-state index < -0.39 is 0 Å². The first kappa shape index (κ1) is 14.4. The maximum Gasteiger partial charge on any atom is 0.252 e. The van der Waals surface area contributed by atoms with Gasteiger partial charge in [0.05, 0.1) is 0 Å². The van der Waals surface area contributed by atoms with Gasteiger partial charge in [-0.15, -0.1) is 0 Å². The van der Waals surface area contributed by atoms with Crippen LogP contribution in [-0.4, -0.2) is 32.0 Å². The molecule has 1 aromatic carbocycles. The van der Waals surface area contributed by atoms with Crippen LogP contribution in [0.1, 0.15) is 13.8 Å². The highest BCUT2D eigenvalue weighted by molar-refractivity contribution is 5.93. The molecule has 0 unspecified atom stereocenters. The van der Waals surface area contributed by atoms with Gasteiger partial charge in [-0.05, 0) is 12.1 Å². The van der Waals surface area contributed by atoms with Crippen molar-refractivity contribution in [2.75, 3.05) is 25.2 Å². The fourth-order valence-corrected chi connectivity index (χ4v) is 1.30. The standard InChI is InChI=1S/C14H19NO3/c1-11(2)13(16)9-18-10-14(17)15(3)12-7-5-4-6-8-12/h4-8,11H,9-10H2,1-3H3. The predicted molar refractivity (Wildman–Crippen MR) is 70.5 cm³/mol. The Morgan fingerprint density at radius 2 is 1.78 bits per heavy atom. The summed E-state index contributed by atoms with van der Waals surface area (Å²) >= 11 is 0. The summed E-state index contributed by atoms with van der Waals surface area (Å²) in [6.45, 7) is 3.53. The zero-order valence-electron chi connectivity index (χ0n) is 11.1. The van der Waals surface area contributed by atoms with Crippen LogP contribution in [-0.2, 0) is 14.3 Å². The third-order valence-corrected chi connectivity index (χ3v) is 2.63. The topological polar surface area (TPSA) is 46.6 Å². The molecule has 0 heterocycles. The maximum atomic E-state index is 11.8. The molecule has 0 aliphatic carbocycles. The fraction of sp³-hybridized carbons (Fsp3) is 0.429. The lowest BCUT2D eigenvalue weighted by Gasteiger charge is -2.17. The minimum atomic E-state index is -0.169. The second-order valence-electron chi connectivity index (χ2n) is 4.40. The summed E-state index contributed by atoms with van der Waals surface area (Å²) in [4.78, 5) is 24.6. The van der Waals surface area contributed by atoms with Crippen molar-refractivity contribution in [3.8, 4) is 0 Å². The summed E-state index contributed by atoms with van der Waals surface area (Å²) in [5.74, 6) is -0.227. The van der Waals surface area contributed by atoms with Gasteiger partial charge < -0.3 is 9.64 Å². The zero-order chi connectivity index (χ0) is 13.5. The maximum absolute atomic E-state index is 11.8. The predicted octanol–water partition coefficient (Wildman–Crippen LogP) is 1.89. The van der Waals surface area contributed by atoms with E-state index in [9.17, 15) is 9.59 Å². The van der Waals surface area contributed by atoms with Gasteiger partial charge >= 0.3 is 0 Å². The first-order valence-corrected chi connectivity index (χ1v) is 5.94. The van der Waals surface area contributed by atoms with Crippen LogP contribution in [0.15, 0.2) is 30.3 Å². The minimum absolute atomic E-state index is 0.00478. The molecule has 0 aliphatic rings. The molecule has 0 aromatic heterocycles. The second kappa shape index (κ2) is 6.91. The third-order valence-electron chi connectivity index (χ3n) is 2.63. The van der Waals surface area contributed by atoms with Crippen molar-refractivity contribution in [1.29, 1.82) is 0 Å². The van der Waals surface area contributed by atoms with E-state index in [0.717, 1.165) is 5.69 Å². The van der Waals surface area contributed by atoms with Crippen LogP contribution in [0, 0.1) is 5.92 Å². The molecule has 1 aromatic rings. The Kier molecular flexibility index (Phi) is 5.52. The molecule has 0 N–H and O–H groups in total. The molecule has 1 amide bonds. The number of nitrogens with zero attached hydrogens (tertiary/aromatic N) is 1. The van der Waals surface area contributed by atoms with Crippen LogP contribution in [0.4, 0.5) is 5.69 Å². The number of ether oxygens (including phenoxy) is 1. The van der Waals surface area contributed by atoms with Crippen molar-refractivity contribution in [2.45, 2.75) is 13.8 Å². The molecule has 4 heteroatoms. The van der Waals surface area contributed by atoms with Crippen LogP contribution in [0.2, 0.25) is 0 Å². The number of benzene rings is 1. The molecule has 0 fully saturated rings. The van der Waals surface area contributed by atoms with E-state index >= 15 is 0 Å². The summed E-state index contributed by atoms with van der Waals surface area (Å²) < 4.78 is 5.12. The van der Waals surface area contributed by atoms with Crippen LogP contribution in [0.25, 0.3) is 0 Å². The van der Waals surface area contributed by atoms with E-state index in [4.69, 9.17) is 4.74 Å². The number of likely N-dealkylation sites (N-methyl/N-ethyl adjacent to an activating group) is 1. The number of Topliss-reactive ketones (excluding diaryl/α,β-unsaturated/α-hetero) is 1. The number of hydrogen-bond acceptors (Lipinski definition) is 3. The van der Waals surface area contributed by atoms with E-state index in [-0.39, 0.29) is 30.8 Å². The number of hydrogen-bond donors (Lipinski definition) is 0. The second-order valence-corrected chi connectivity index (χ2v) is 4.40. The summed E-state index contributed by atoms with van der Waals surface area (Å²) in [6.07, 6.45) is 0. The first-order chi connectivity index (χ1) is 8.52. The summed E-state index contributed by atoms with van der Waals surface area (Å²) in [6, 6.07) is 9.30. The summed E-state index contributed by atoms with van der Waals surface area (Å²) in [5, 5.41) is 0. The highest BCUT2D eigenvalue weighted by Crippen LogP contribution is 2.10. The number of para-hydroxylation sites is 1. The van der Waals surface area contributed by atoms with Crippen molar-refractivity contribution < 1.29 is 14.3 Å². The summed E-state index contributed by atoms with van der Waals surface area (Å²) in [7, 11) is 1.69. The van der Waals surface area contributed by atoms with Crippen molar-refractivity contribution in [2.24, 2.45) is 5.92 Å². The lowest BCUT2D eigenvalue weighted by molar-refractivity contribution is -0.130. The number of amides is 1. The van der Waals surface area contributed by atoms with Gasteiger partial charge in [0.15, 0.2) is 5.78 Å². The minimum Gasteiger partial charge on any atom is -0.364 e. The molecule has 18 heavy (non-hydrogen) atoms. The third kappa shape index (κ3) is 4.30. The van der Waals surface area contributed by atoms with Gasteiger partial charge in [-0.25, -0.2) is 0 Å². The van der Waals surface area contributed by atoms with Gasteiger partial charge in [0.1, 0.15) is 13.2 Å². The van der Waals surface area contributed by atoms with Crippen LogP contribution in [0.5, 0.6) is 0 Å². The Hall–Kier alpha value is -1.68.